The maximum absolute atomic E-state index is 12.0. The van der Waals surface area contributed by atoms with E-state index in [0.717, 1.165) is 0 Å². The van der Waals surface area contributed by atoms with Gasteiger partial charge in [-0.1, -0.05) is 0 Å². The summed E-state index contributed by atoms with van der Waals surface area (Å²) in [4.78, 5) is 23.1. The van der Waals surface area contributed by atoms with E-state index in [1.54, 1.807) is 18.2 Å². The van der Waals surface area contributed by atoms with E-state index in [1.165, 1.54) is 26.5 Å². The number of methoxy groups -OCH3 is 2. The number of carbonyl (C=O) groups is 2. The van der Waals surface area contributed by atoms with Crippen molar-refractivity contribution >= 4 is 17.6 Å². The van der Waals surface area contributed by atoms with Crippen LogP contribution < -0.4 is 25.2 Å². The van der Waals surface area contributed by atoms with Crippen LogP contribution in [0, 0.1) is 0 Å². The summed E-state index contributed by atoms with van der Waals surface area (Å²) >= 11 is 0. The minimum atomic E-state index is -1.36. The maximum atomic E-state index is 12.0. The topological polar surface area (TPSA) is 125 Å². The summed E-state index contributed by atoms with van der Waals surface area (Å²) in [7, 11) is 2.96. The molecule has 0 radical (unpaired) electrons. The molecule has 1 aromatic carbocycles. The SMILES string of the molecule is COc1ccc(NC(=O)C[C@@H]([NH2+]C[C@@H](C)O)C(=O)[O-])c(OC)c1. The number of amides is 1. The lowest BCUT2D eigenvalue weighted by molar-refractivity contribution is -0.687. The predicted molar refractivity (Wildman–Crippen MR) is 80.1 cm³/mol. The van der Waals surface area contributed by atoms with Gasteiger partial charge in [0, 0.05) is 6.07 Å². The standard InChI is InChI=1S/C15H22N2O6/c1-9(18)8-16-12(15(20)21)7-14(19)17-11-5-4-10(22-2)6-13(11)23-3/h4-6,9,12,16,18H,7-8H2,1-3H3,(H,17,19)(H,20,21)/t9-,12-/m1/s1. The van der Waals surface area contributed by atoms with E-state index in [0.29, 0.717) is 17.2 Å². The van der Waals surface area contributed by atoms with E-state index in [9.17, 15) is 19.8 Å². The number of carbonyl (C=O) groups excluding carboxylic acids is 2. The maximum Gasteiger partial charge on any atom is 0.230 e. The van der Waals surface area contributed by atoms with Crippen LogP contribution in [0.4, 0.5) is 5.69 Å². The second kappa shape index (κ2) is 8.96. The molecular formula is C15H22N2O6. The van der Waals surface area contributed by atoms with E-state index >= 15 is 0 Å². The van der Waals surface area contributed by atoms with Gasteiger partial charge in [0.1, 0.15) is 24.1 Å². The number of nitrogens with one attached hydrogen (secondary N) is 1. The van der Waals surface area contributed by atoms with Gasteiger partial charge in [-0.15, -0.1) is 0 Å². The average Bonchev–Trinajstić information content (AvgIpc) is 2.51. The second-order valence-corrected chi connectivity index (χ2v) is 5.06. The third-order valence-electron chi connectivity index (χ3n) is 3.15. The molecule has 128 valence electrons. The molecule has 8 nitrogen and oxygen atoms in total. The normalized spacial score (nSPS) is 13.0. The van der Waals surface area contributed by atoms with Crippen LogP contribution in [0.3, 0.4) is 0 Å². The van der Waals surface area contributed by atoms with Gasteiger partial charge in [0.2, 0.25) is 5.91 Å². The molecule has 1 aromatic rings. The second-order valence-electron chi connectivity index (χ2n) is 5.06. The van der Waals surface area contributed by atoms with Crippen molar-refractivity contribution in [1.29, 1.82) is 0 Å². The summed E-state index contributed by atoms with van der Waals surface area (Å²) in [6, 6.07) is 3.77. The number of carboxylic acids is 1. The molecule has 0 aliphatic rings. The summed E-state index contributed by atoms with van der Waals surface area (Å²) in [5, 5.41) is 24.2. The zero-order chi connectivity index (χ0) is 17.4. The van der Waals surface area contributed by atoms with Gasteiger partial charge in [-0.25, -0.2) is 0 Å². The van der Waals surface area contributed by atoms with E-state index in [2.05, 4.69) is 5.32 Å². The molecule has 0 fully saturated rings. The van der Waals surface area contributed by atoms with Crippen molar-refractivity contribution in [2.75, 3.05) is 26.1 Å². The zero-order valence-electron chi connectivity index (χ0n) is 13.4. The Morgan fingerprint density at radius 1 is 1.35 bits per heavy atom. The summed E-state index contributed by atoms with van der Waals surface area (Å²) in [5.41, 5.74) is 0.408. The average molecular weight is 326 g/mol. The predicted octanol–water partition coefficient (Wildman–Crippen LogP) is -1.90. The highest BCUT2D eigenvalue weighted by atomic mass is 16.5. The van der Waals surface area contributed by atoms with Crippen molar-refractivity contribution < 1.29 is 34.6 Å². The molecule has 0 spiro atoms. The van der Waals surface area contributed by atoms with Crippen molar-refractivity contribution in [2.45, 2.75) is 25.5 Å². The quantitative estimate of drug-likeness (QED) is 0.487. The van der Waals surface area contributed by atoms with E-state index in [-0.39, 0.29) is 13.0 Å². The van der Waals surface area contributed by atoms with Crippen LogP contribution >= 0.6 is 0 Å². The van der Waals surface area contributed by atoms with E-state index in [4.69, 9.17) is 9.47 Å². The summed E-state index contributed by atoms with van der Waals surface area (Å²) in [5.74, 6) is -0.889. The number of carboxylic acid groups (broad SMARTS) is 1. The third-order valence-corrected chi connectivity index (χ3v) is 3.15. The lowest BCUT2D eigenvalue weighted by Gasteiger charge is -2.18. The Balaban J connectivity index is 2.72. The Labute approximate surface area is 134 Å². The van der Waals surface area contributed by atoms with Crippen LogP contribution in [-0.4, -0.2) is 49.9 Å². The Hall–Kier alpha value is -2.32. The first-order chi connectivity index (χ1) is 10.9. The molecular weight excluding hydrogens is 304 g/mol. The Morgan fingerprint density at radius 3 is 2.57 bits per heavy atom. The molecule has 2 atom stereocenters. The fraction of sp³-hybridized carbons (Fsp3) is 0.467. The molecule has 1 rings (SSSR count). The number of quaternary nitrogens is 1. The van der Waals surface area contributed by atoms with Crippen molar-refractivity contribution in [3.63, 3.8) is 0 Å². The summed E-state index contributed by atoms with van der Waals surface area (Å²) < 4.78 is 10.2. The number of rotatable bonds is 9. The Bertz CT molecular complexity index is 547. The number of benzene rings is 1. The highest BCUT2D eigenvalue weighted by molar-refractivity contribution is 5.94. The minimum absolute atomic E-state index is 0.164. The highest BCUT2D eigenvalue weighted by Gasteiger charge is 2.20. The highest BCUT2D eigenvalue weighted by Crippen LogP contribution is 2.29. The van der Waals surface area contributed by atoms with Crippen LogP contribution in [0.1, 0.15) is 13.3 Å². The van der Waals surface area contributed by atoms with Gasteiger partial charge in [0.25, 0.3) is 0 Å². The smallest absolute Gasteiger partial charge is 0.230 e. The van der Waals surface area contributed by atoms with Gasteiger partial charge in [-0.3, -0.25) is 4.79 Å². The van der Waals surface area contributed by atoms with E-state index < -0.39 is 24.0 Å². The van der Waals surface area contributed by atoms with Crippen LogP contribution in [0.2, 0.25) is 0 Å². The molecule has 8 heteroatoms. The molecule has 0 saturated carbocycles. The van der Waals surface area contributed by atoms with E-state index in [1.807, 2.05) is 0 Å². The third kappa shape index (κ3) is 6.13. The zero-order valence-corrected chi connectivity index (χ0v) is 13.4. The largest absolute Gasteiger partial charge is 0.544 e. The van der Waals surface area contributed by atoms with Gasteiger partial charge in [-0.2, -0.15) is 0 Å². The van der Waals surface area contributed by atoms with Crippen molar-refractivity contribution in [2.24, 2.45) is 0 Å². The molecule has 0 saturated heterocycles. The molecule has 0 unspecified atom stereocenters. The molecule has 0 aliphatic carbocycles. The summed E-state index contributed by atoms with van der Waals surface area (Å²) in [6.07, 6.45) is -0.967. The number of aliphatic carboxylic acids is 1. The molecule has 4 N–H and O–H groups in total. The Kier molecular flexibility index (Phi) is 7.30. The molecule has 0 aliphatic heterocycles. The van der Waals surface area contributed by atoms with Crippen molar-refractivity contribution in [3.8, 4) is 11.5 Å². The fourth-order valence-electron chi connectivity index (χ4n) is 1.93. The van der Waals surface area contributed by atoms with Crippen molar-refractivity contribution in [3.05, 3.63) is 18.2 Å². The van der Waals surface area contributed by atoms with Gasteiger partial charge in [0.15, 0.2) is 0 Å². The monoisotopic (exact) mass is 326 g/mol. The number of nitrogens with two attached hydrogens (primary N) is 1. The van der Waals surface area contributed by atoms with Gasteiger partial charge in [0.05, 0.1) is 38.4 Å². The number of aliphatic hydroxyl groups excluding tert-OH is 1. The van der Waals surface area contributed by atoms with Crippen molar-refractivity contribution in [1.82, 2.24) is 0 Å². The van der Waals surface area contributed by atoms with Gasteiger partial charge < -0.3 is 35.1 Å². The van der Waals surface area contributed by atoms with Crippen LogP contribution in [0.15, 0.2) is 18.2 Å². The number of anilines is 1. The number of hydrogen-bond acceptors (Lipinski definition) is 6. The number of ether oxygens (including phenoxy) is 2. The summed E-state index contributed by atoms with van der Waals surface area (Å²) in [6.45, 7) is 1.70. The lowest BCUT2D eigenvalue weighted by atomic mass is 10.2. The molecule has 0 aromatic heterocycles. The first-order valence-corrected chi connectivity index (χ1v) is 7.11. The van der Waals surface area contributed by atoms with Crippen LogP contribution in [0.5, 0.6) is 11.5 Å². The fourth-order valence-corrected chi connectivity index (χ4v) is 1.93. The molecule has 0 bridgehead atoms. The van der Waals surface area contributed by atoms with Crippen LogP contribution in [-0.2, 0) is 9.59 Å². The van der Waals surface area contributed by atoms with Crippen LogP contribution in [0.25, 0.3) is 0 Å². The first-order valence-electron chi connectivity index (χ1n) is 7.11. The Morgan fingerprint density at radius 2 is 2.04 bits per heavy atom. The molecule has 1 amide bonds. The van der Waals surface area contributed by atoms with Gasteiger partial charge >= 0.3 is 0 Å². The molecule has 23 heavy (non-hydrogen) atoms. The number of aliphatic hydroxyl groups is 1. The molecule has 0 heterocycles. The van der Waals surface area contributed by atoms with Gasteiger partial charge in [-0.05, 0) is 19.1 Å². The number of hydrogen-bond donors (Lipinski definition) is 3. The minimum Gasteiger partial charge on any atom is -0.544 e. The first kappa shape index (κ1) is 18.7. The lowest BCUT2D eigenvalue weighted by Crippen LogP contribution is -2.94.